The first-order valence-corrected chi connectivity index (χ1v) is 6.82. The zero-order valence-electron chi connectivity index (χ0n) is 8.19. The molecule has 1 N–H and O–H groups in total. The van der Waals surface area contributed by atoms with E-state index < -0.39 is 25.4 Å². The highest BCUT2D eigenvalue weighted by Crippen LogP contribution is 2.40. The maximum Gasteiger partial charge on any atom is 0.247 e. The topological polar surface area (TPSA) is 54.4 Å². The van der Waals surface area contributed by atoms with E-state index in [-0.39, 0.29) is 5.56 Å². The van der Waals surface area contributed by atoms with Crippen LogP contribution in [0.15, 0.2) is 24.3 Å². The smallest absolute Gasteiger partial charge is 0.247 e. The van der Waals surface area contributed by atoms with Gasteiger partial charge in [0, 0.05) is 6.26 Å². The lowest BCUT2D eigenvalue weighted by Gasteiger charge is -2.23. The standard InChI is InChI=1S/C9H9Cl2FO3S/c1-16(14,15)9(10,11)8(13)6-2-4-7(12)5-3-6/h2-5,8,13H,1H3/t8-/m1/s1. The molecule has 0 aliphatic carbocycles. The minimum atomic E-state index is -3.87. The van der Waals surface area contributed by atoms with Crippen molar-refractivity contribution in [3.8, 4) is 0 Å². The Balaban J connectivity index is 3.12. The molecule has 16 heavy (non-hydrogen) atoms. The summed E-state index contributed by atoms with van der Waals surface area (Å²) in [5.41, 5.74) is 0.122. The third-order valence-electron chi connectivity index (χ3n) is 2.00. The summed E-state index contributed by atoms with van der Waals surface area (Å²) in [5, 5.41) is 9.71. The highest BCUT2D eigenvalue weighted by atomic mass is 35.5. The molecule has 0 saturated carbocycles. The van der Waals surface area contributed by atoms with Crippen LogP contribution in [0.4, 0.5) is 4.39 Å². The molecule has 1 atom stereocenters. The van der Waals surface area contributed by atoms with Gasteiger partial charge in [0.25, 0.3) is 0 Å². The van der Waals surface area contributed by atoms with Gasteiger partial charge in [-0.15, -0.1) is 0 Å². The molecular formula is C9H9Cl2FO3S. The van der Waals surface area contributed by atoms with Crippen molar-refractivity contribution in [1.82, 2.24) is 0 Å². The number of hydrogen-bond acceptors (Lipinski definition) is 3. The van der Waals surface area contributed by atoms with Crippen molar-refractivity contribution in [1.29, 1.82) is 0 Å². The number of halogens is 3. The van der Waals surface area contributed by atoms with Gasteiger partial charge in [-0.1, -0.05) is 35.3 Å². The van der Waals surface area contributed by atoms with Gasteiger partial charge in [0.15, 0.2) is 9.84 Å². The molecule has 0 unspecified atom stereocenters. The summed E-state index contributed by atoms with van der Waals surface area (Å²) in [4.78, 5) is 0. The Kier molecular flexibility index (Phi) is 3.84. The fraction of sp³-hybridized carbons (Fsp3) is 0.333. The van der Waals surface area contributed by atoms with Gasteiger partial charge in [-0.05, 0) is 17.7 Å². The van der Waals surface area contributed by atoms with E-state index in [1.807, 2.05) is 0 Å². The van der Waals surface area contributed by atoms with Crippen LogP contribution in [0.5, 0.6) is 0 Å². The monoisotopic (exact) mass is 286 g/mol. The molecule has 1 aromatic rings. The highest BCUT2D eigenvalue weighted by Gasteiger charge is 2.44. The predicted molar refractivity (Wildman–Crippen MR) is 60.6 cm³/mol. The quantitative estimate of drug-likeness (QED) is 0.865. The van der Waals surface area contributed by atoms with Crippen molar-refractivity contribution in [2.75, 3.05) is 6.26 Å². The fourth-order valence-corrected chi connectivity index (χ4v) is 1.84. The Morgan fingerprint density at radius 3 is 2.12 bits per heavy atom. The number of aliphatic hydroxyl groups is 1. The van der Waals surface area contributed by atoms with Crippen LogP contribution in [-0.4, -0.2) is 23.4 Å². The molecule has 0 aromatic heterocycles. The van der Waals surface area contributed by atoms with E-state index in [0.717, 1.165) is 18.4 Å². The number of benzene rings is 1. The number of alkyl halides is 2. The van der Waals surface area contributed by atoms with Crippen molar-refractivity contribution in [2.45, 2.75) is 9.77 Å². The summed E-state index contributed by atoms with van der Waals surface area (Å²) in [6.07, 6.45) is -0.842. The predicted octanol–water partition coefficient (Wildman–Crippen LogP) is 2.04. The normalized spacial score (nSPS) is 14.8. The van der Waals surface area contributed by atoms with Crippen molar-refractivity contribution < 1.29 is 17.9 Å². The maximum absolute atomic E-state index is 12.6. The lowest BCUT2D eigenvalue weighted by molar-refractivity contribution is 0.181. The molecule has 0 heterocycles. The third-order valence-corrected chi connectivity index (χ3v) is 5.31. The molecule has 1 rings (SSSR count). The van der Waals surface area contributed by atoms with Crippen LogP contribution in [0.2, 0.25) is 0 Å². The van der Waals surface area contributed by atoms with E-state index >= 15 is 0 Å². The van der Waals surface area contributed by atoms with Crippen LogP contribution in [0.1, 0.15) is 11.7 Å². The first-order valence-electron chi connectivity index (χ1n) is 4.17. The fourth-order valence-electron chi connectivity index (χ4n) is 1.04. The number of aliphatic hydroxyl groups excluding tert-OH is 1. The van der Waals surface area contributed by atoms with Crippen molar-refractivity contribution in [2.24, 2.45) is 0 Å². The molecule has 0 radical (unpaired) electrons. The lowest BCUT2D eigenvalue weighted by Crippen LogP contribution is -2.32. The van der Waals surface area contributed by atoms with E-state index in [9.17, 15) is 17.9 Å². The second kappa shape index (κ2) is 4.49. The molecule has 0 bridgehead atoms. The van der Waals surface area contributed by atoms with Crippen molar-refractivity contribution in [3.05, 3.63) is 35.6 Å². The summed E-state index contributed by atoms with van der Waals surface area (Å²) >= 11 is 11.1. The summed E-state index contributed by atoms with van der Waals surface area (Å²) in [5.74, 6) is -0.509. The summed E-state index contributed by atoms with van der Waals surface area (Å²) in [7, 11) is -3.87. The molecule has 0 fully saturated rings. The number of sulfone groups is 1. The molecule has 0 saturated heterocycles. The van der Waals surface area contributed by atoms with Crippen LogP contribution < -0.4 is 0 Å². The highest BCUT2D eigenvalue weighted by molar-refractivity contribution is 7.94. The van der Waals surface area contributed by atoms with Gasteiger partial charge in [-0.25, -0.2) is 12.8 Å². The van der Waals surface area contributed by atoms with Crippen LogP contribution >= 0.6 is 23.2 Å². The lowest BCUT2D eigenvalue weighted by atomic mass is 10.1. The molecule has 1 aromatic carbocycles. The third kappa shape index (κ3) is 2.66. The van der Waals surface area contributed by atoms with E-state index in [0.29, 0.717) is 0 Å². The SMILES string of the molecule is CS(=O)(=O)C(Cl)(Cl)[C@H](O)c1ccc(F)cc1. The molecule has 3 nitrogen and oxygen atoms in total. The van der Waals surface area contributed by atoms with Gasteiger partial charge in [-0.3, -0.25) is 0 Å². The van der Waals surface area contributed by atoms with Gasteiger partial charge in [-0.2, -0.15) is 0 Å². The average molecular weight is 287 g/mol. The van der Waals surface area contributed by atoms with Gasteiger partial charge < -0.3 is 5.11 Å². The summed E-state index contributed by atoms with van der Waals surface area (Å²) < 4.78 is 32.7. The second-order valence-corrected chi connectivity index (χ2v) is 7.31. The Labute approximate surface area is 103 Å². The van der Waals surface area contributed by atoms with Gasteiger partial charge in [0.1, 0.15) is 11.9 Å². The molecule has 0 aliphatic heterocycles. The second-order valence-electron chi connectivity index (χ2n) is 3.29. The van der Waals surface area contributed by atoms with Crippen LogP contribution in [-0.2, 0) is 9.84 Å². The van der Waals surface area contributed by atoms with Crippen LogP contribution in [0, 0.1) is 5.82 Å². The first-order chi connectivity index (χ1) is 7.16. The summed E-state index contributed by atoms with van der Waals surface area (Å²) in [6, 6.07) is 4.57. The zero-order valence-corrected chi connectivity index (χ0v) is 10.5. The van der Waals surface area contributed by atoms with E-state index in [4.69, 9.17) is 23.2 Å². The van der Waals surface area contributed by atoms with Gasteiger partial charge in [0.2, 0.25) is 3.67 Å². The number of rotatable bonds is 3. The zero-order chi connectivity index (χ0) is 12.6. The molecule has 7 heteroatoms. The van der Waals surface area contributed by atoms with Gasteiger partial charge in [0.05, 0.1) is 0 Å². The molecule has 0 aliphatic rings. The van der Waals surface area contributed by atoms with E-state index in [2.05, 4.69) is 0 Å². The van der Waals surface area contributed by atoms with Crippen molar-refractivity contribution in [3.63, 3.8) is 0 Å². The maximum atomic E-state index is 12.6. The first kappa shape index (κ1) is 13.7. The largest absolute Gasteiger partial charge is 0.384 e. The number of hydrogen-bond donors (Lipinski definition) is 1. The Morgan fingerprint density at radius 1 is 1.31 bits per heavy atom. The van der Waals surface area contributed by atoms with Crippen LogP contribution in [0.3, 0.4) is 0 Å². The van der Waals surface area contributed by atoms with Gasteiger partial charge >= 0.3 is 0 Å². The average Bonchev–Trinajstić information content (AvgIpc) is 2.16. The molecular weight excluding hydrogens is 278 g/mol. The molecule has 0 amide bonds. The minimum Gasteiger partial charge on any atom is -0.384 e. The van der Waals surface area contributed by atoms with E-state index in [1.54, 1.807) is 0 Å². The molecule has 0 spiro atoms. The van der Waals surface area contributed by atoms with Crippen LogP contribution in [0.25, 0.3) is 0 Å². The van der Waals surface area contributed by atoms with Crippen molar-refractivity contribution >= 4 is 33.0 Å². The van der Waals surface area contributed by atoms with E-state index in [1.165, 1.54) is 12.1 Å². The summed E-state index contributed by atoms with van der Waals surface area (Å²) in [6.45, 7) is 0. The molecule has 90 valence electrons. The Hall–Kier alpha value is -0.360. The Bertz CT molecular complexity index is 470. The Morgan fingerprint density at radius 2 is 1.75 bits per heavy atom. The minimum absolute atomic E-state index is 0.122.